The fourth-order valence-electron chi connectivity index (χ4n) is 3.78. The van der Waals surface area contributed by atoms with E-state index in [1.807, 2.05) is 30.3 Å². The number of aliphatic hydroxyl groups is 1. The molecule has 2 saturated carbocycles. The van der Waals surface area contributed by atoms with E-state index in [1.165, 1.54) is 19.3 Å². The van der Waals surface area contributed by atoms with Crippen molar-refractivity contribution in [3.63, 3.8) is 0 Å². The quantitative estimate of drug-likeness (QED) is 0.707. The van der Waals surface area contributed by atoms with Gasteiger partial charge in [-0.1, -0.05) is 49.6 Å². The van der Waals surface area contributed by atoms with E-state index in [0.717, 1.165) is 31.2 Å². The molecule has 1 atom stereocenters. The second-order valence-electron chi connectivity index (χ2n) is 7.41. The van der Waals surface area contributed by atoms with Crippen molar-refractivity contribution in [1.29, 1.82) is 0 Å². The predicted molar refractivity (Wildman–Crippen MR) is 96.0 cm³/mol. The number of hydrogen-bond donors (Lipinski definition) is 3. The fraction of sp³-hybridized carbons (Fsp3) is 0.600. The Labute approximate surface area is 149 Å². The van der Waals surface area contributed by atoms with Gasteiger partial charge in [0, 0.05) is 6.54 Å². The van der Waals surface area contributed by atoms with Gasteiger partial charge in [0.1, 0.15) is 6.04 Å². The molecule has 0 aliphatic heterocycles. The Bertz CT molecular complexity index is 592. The zero-order valence-electron chi connectivity index (χ0n) is 14.7. The molecule has 2 amide bonds. The minimum absolute atomic E-state index is 0.162. The number of aliphatic hydroxyl groups excluding tert-OH is 1. The van der Waals surface area contributed by atoms with Crippen LogP contribution in [0.25, 0.3) is 0 Å². The van der Waals surface area contributed by atoms with Crippen LogP contribution in [0.1, 0.15) is 50.5 Å². The molecule has 3 N–H and O–H groups in total. The maximum atomic E-state index is 12.7. The van der Waals surface area contributed by atoms with Crippen LogP contribution in [0.2, 0.25) is 0 Å². The number of nitrogens with one attached hydrogen (secondary N) is 2. The van der Waals surface area contributed by atoms with Crippen LogP contribution in [0.5, 0.6) is 0 Å². The molecule has 5 nitrogen and oxygen atoms in total. The van der Waals surface area contributed by atoms with Crippen molar-refractivity contribution in [3.8, 4) is 0 Å². The molecule has 2 fully saturated rings. The lowest BCUT2D eigenvalue weighted by atomic mass is 9.89. The van der Waals surface area contributed by atoms with Gasteiger partial charge in [-0.25, -0.2) is 0 Å². The maximum absolute atomic E-state index is 12.7. The summed E-state index contributed by atoms with van der Waals surface area (Å²) in [6, 6.07) is 8.78. The van der Waals surface area contributed by atoms with Crippen LogP contribution in [-0.4, -0.2) is 36.1 Å². The van der Waals surface area contributed by atoms with E-state index >= 15 is 0 Å². The minimum atomic E-state index is -0.878. The van der Waals surface area contributed by atoms with Gasteiger partial charge in [0.15, 0.2) is 0 Å². The molecule has 0 radical (unpaired) electrons. The summed E-state index contributed by atoms with van der Waals surface area (Å²) >= 11 is 0. The molecule has 2 aliphatic rings. The number of carbonyl (C=O) groups excluding carboxylic acids is 2. The highest BCUT2D eigenvalue weighted by Gasteiger charge is 2.51. The molecule has 5 heteroatoms. The van der Waals surface area contributed by atoms with Crippen molar-refractivity contribution in [3.05, 3.63) is 35.9 Å². The Morgan fingerprint density at radius 1 is 1.12 bits per heavy atom. The zero-order chi connectivity index (χ0) is 17.7. The van der Waals surface area contributed by atoms with Gasteiger partial charge in [-0.3, -0.25) is 9.59 Å². The standard InChI is InChI=1S/C20H28N2O3/c23-14-17(18(24)21-13-15-7-3-1-4-8-15)22-19(25)20(11-12-20)16-9-5-2-6-10-16/h2,5-6,9-10,15,17,23H,1,3-4,7-8,11-14H2,(H,21,24)(H,22,25). The third-order valence-electron chi connectivity index (χ3n) is 5.61. The van der Waals surface area contributed by atoms with Crippen molar-refractivity contribution in [2.75, 3.05) is 13.2 Å². The van der Waals surface area contributed by atoms with Crippen molar-refractivity contribution < 1.29 is 14.7 Å². The van der Waals surface area contributed by atoms with Crippen LogP contribution in [0.3, 0.4) is 0 Å². The highest BCUT2D eigenvalue weighted by atomic mass is 16.3. The van der Waals surface area contributed by atoms with Crippen LogP contribution in [0.15, 0.2) is 30.3 Å². The zero-order valence-corrected chi connectivity index (χ0v) is 14.7. The smallest absolute Gasteiger partial charge is 0.244 e. The molecule has 1 aromatic rings. The van der Waals surface area contributed by atoms with Crippen LogP contribution in [0, 0.1) is 5.92 Å². The molecule has 0 heterocycles. The van der Waals surface area contributed by atoms with Crippen molar-refractivity contribution in [1.82, 2.24) is 10.6 Å². The molecule has 2 aliphatic carbocycles. The van der Waals surface area contributed by atoms with Gasteiger partial charge < -0.3 is 15.7 Å². The Morgan fingerprint density at radius 2 is 1.80 bits per heavy atom. The molecular weight excluding hydrogens is 316 g/mol. The molecule has 136 valence electrons. The van der Waals surface area contributed by atoms with E-state index in [9.17, 15) is 14.7 Å². The summed E-state index contributed by atoms with van der Waals surface area (Å²) < 4.78 is 0. The molecular formula is C20H28N2O3. The molecule has 1 aromatic carbocycles. The Kier molecular flexibility index (Phi) is 5.74. The number of benzene rings is 1. The van der Waals surface area contributed by atoms with E-state index in [4.69, 9.17) is 0 Å². The van der Waals surface area contributed by atoms with Crippen LogP contribution >= 0.6 is 0 Å². The SMILES string of the molecule is O=C(NCC1CCCCC1)C(CO)NC(=O)C1(c2ccccc2)CC1. The van der Waals surface area contributed by atoms with Crippen molar-refractivity contribution in [2.45, 2.75) is 56.4 Å². The summed E-state index contributed by atoms with van der Waals surface area (Å²) in [4.78, 5) is 25.1. The Hall–Kier alpha value is -1.88. The highest BCUT2D eigenvalue weighted by molar-refractivity contribution is 5.95. The fourth-order valence-corrected chi connectivity index (χ4v) is 3.78. The first kappa shape index (κ1) is 17.9. The molecule has 0 saturated heterocycles. The highest BCUT2D eigenvalue weighted by Crippen LogP contribution is 2.48. The lowest BCUT2D eigenvalue weighted by Gasteiger charge is -2.24. The van der Waals surface area contributed by atoms with Gasteiger partial charge in [-0.05, 0) is 37.2 Å². The Balaban J connectivity index is 1.54. The summed E-state index contributed by atoms with van der Waals surface area (Å²) in [5.41, 5.74) is 0.449. The van der Waals surface area contributed by atoms with Gasteiger partial charge in [0.2, 0.25) is 11.8 Å². The topological polar surface area (TPSA) is 78.4 Å². The summed E-state index contributed by atoms with van der Waals surface area (Å²) in [6.45, 7) is 0.252. The summed E-state index contributed by atoms with van der Waals surface area (Å²) in [6.07, 6.45) is 7.58. The van der Waals surface area contributed by atoms with E-state index in [-0.39, 0.29) is 18.4 Å². The first-order valence-electron chi connectivity index (χ1n) is 9.41. The second-order valence-corrected chi connectivity index (χ2v) is 7.41. The van der Waals surface area contributed by atoms with E-state index in [1.54, 1.807) is 0 Å². The third kappa shape index (κ3) is 4.21. The molecule has 0 spiro atoms. The van der Waals surface area contributed by atoms with Gasteiger partial charge in [-0.15, -0.1) is 0 Å². The van der Waals surface area contributed by atoms with Crippen LogP contribution < -0.4 is 10.6 Å². The predicted octanol–water partition coefficient (Wildman–Crippen LogP) is 1.89. The molecule has 0 bridgehead atoms. The number of amides is 2. The lowest BCUT2D eigenvalue weighted by Crippen LogP contribution is -2.52. The van der Waals surface area contributed by atoms with E-state index < -0.39 is 11.5 Å². The van der Waals surface area contributed by atoms with Gasteiger partial charge in [-0.2, -0.15) is 0 Å². The van der Waals surface area contributed by atoms with Crippen LogP contribution in [0.4, 0.5) is 0 Å². The van der Waals surface area contributed by atoms with Crippen molar-refractivity contribution in [2.24, 2.45) is 5.92 Å². The first-order valence-corrected chi connectivity index (χ1v) is 9.41. The lowest BCUT2D eigenvalue weighted by molar-refractivity contribution is -0.131. The van der Waals surface area contributed by atoms with E-state index in [2.05, 4.69) is 10.6 Å². The average Bonchev–Trinajstić information content (AvgIpc) is 3.47. The van der Waals surface area contributed by atoms with E-state index in [0.29, 0.717) is 12.5 Å². The third-order valence-corrected chi connectivity index (χ3v) is 5.61. The van der Waals surface area contributed by atoms with Crippen molar-refractivity contribution >= 4 is 11.8 Å². The monoisotopic (exact) mass is 344 g/mol. The Morgan fingerprint density at radius 3 is 2.40 bits per heavy atom. The maximum Gasteiger partial charge on any atom is 0.244 e. The minimum Gasteiger partial charge on any atom is -0.394 e. The molecule has 1 unspecified atom stereocenters. The van der Waals surface area contributed by atoms with Crippen LogP contribution in [-0.2, 0) is 15.0 Å². The largest absolute Gasteiger partial charge is 0.394 e. The molecule has 0 aromatic heterocycles. The molecule has 25 heavy (non-hydrogen) atoms. The molecule has 3 rings (SSSR count). The summed E-state index contributed by atoms with van der Waals surface area (Å²) in [5.74, 6) is 0.0719. The normalized spacial score (nSPS) is 20.5. The number of carbonyl (C=O) groups is 2. The number of hydrogen-bond acceptors (Lipinski definition) is 3. The van der Waals surface area contributed by atoms with Gasteiger partial charge >= 0.3 is 0 Å². The van der Waals surface area contributed by atoms with Gasteiger partial charge in [0.05, 0.1) is 12.0 Å². The van der Waals surface area contributed by atoms with Gasteiger partial charge in [0.25, 0.3) is 0 Å². The average molecular weight is 344 g/mol. The number of rotatable bonds is 7. The summed E-state index contributed by atoms with van der Waals surface area (Å²) in [7, 11) is 0. The second kappa shape index (κ2) is 8.00. The first-order chi connectivity index (χ1) is 12.2. The summed E-state index contributed by atoms with van der Waals surface area (Å²) in [5, 5.41) is 15.2.